The summed E-state index contributed by atoms with van der Waals surface area (Å²) >= 11 is 3.34. The van der Waals surface area contributed by atoms with Gasteiger partial charge in [-0.25, -0.2) is 0 Å². The molecule has 1 aliphatic heterocycles. The number of hydrogen-bond acceptors (Lipinski definition) is 3. The van der Waals surface area contributed by atoms with Crippen LogP contribution < -0.4 is 5.32 Å². The van der Waals surface area contributed by atoms with Crippen molar-refractivity contribution in [2.24, 2.45) is 23.7 Å². The van der Waals surface area contributed by atoms with Crippen molar-refractivity contribution >= 4 is 39.3 Å². The Morgan fingerprint density at radius 1 is 1.12 bits per heavy atom. The highest BCUT2D eigenvalue weighted by atomic mass is 79.9. The zero-order valence-corrected chi connectivity index (χ0v) is 15.0. The van der Waals surface area contributed by atoms with Gasteiger partial charge in [-0.1, -0.05) is 15.9 Å². The number of benzene rings is 1. The van der Waals surface area contributed by atoms with E-state index in [1.54, 1.807) is 19.1 Å². The highest BCUT2D eigenvalue weighted by molar-refractivity contribution is 9.10. The van der Waals surface area contributed by atoms with Crippen molar-refractivity contribution in [3.8, 4) is 0 Å². The first-order valence-electron chi connectivity index (χ1n) is 8.40. The number of nitrogens with one attached hydrogen (secondary N) is 1. The predicted octanol–water partition coefficient (Wildman–Crippen LogP) is 2.81. The van der Waals surface area contributed by atoms with Gasteiger partial charge in [-0.05, 0) is 62.3 Å². The highest BCUT2D eigenvalue weighted by Crippen LogP contribution is 2.56. The molecule has 6 heteroatoms. The summed E-state index contributed by atoms with van der Waals surface area (Å²) in [4.78, 5) is 39.2. The molecule has 3 fully saturated rings. The minimum atomic E-state index is -0.779. The predicted molar refractivity (Wildman–Crippen MR) is 91.9 cm³/mol. The van der Waals surface area contributed by atoms with Crippen molar-refractivity contribution in [2.45, 2.75) is 32.2 Å². The third-order valence-electron chi connectivity index (χ3n) is 5.84. The number of nitrogens with zero attached hydrogens (tertiary/aromatic N) is 1. The monoisotopic (exact) mass is 390 g/mol. The lowest BCUT2D eigenvalue weighted by molar-refractivity contribution is -0.146. The number of hydrogen-bond donors (Lipinski definition) is 1. The van der Waals surface area contributed by atoms with Crippen LogP contribution in [0.1, 0.15) is 26.2 Å². The van der Waals surface area contributed by atoms with Gasteiger partial charge in [-0.3, -0.25) is 19.3 Å². The van der Waals surface area contributed by atoms with E-state index in [4.69, 9.17) is 0 Å². The van der Waals surface area contributed by atoms with Crippen LogP contribution in [0.4, 0.5) is 5.69 Å². The van der Waals surface area contributed by atoms with Crippen molar-refractivity contribution in [2.75, 3.05) is 5.32 Å². The van der Waals surface area contributed by atoms with Gasteiger partial charge in [-0.2, -0.15) is 0 Å². The first-order valence-corrected chi connectivity index (χ1v) is 9.20. The minimum absolute atomic E-state index is 0.143. The fourth-order valence-electron chi connectivity index (χ4n) is 4.71. The molecular formula is C18H19BrN2O3. The fourth-order valence-corrected chi connectivity index (χ4v) is 4.98. The highest BCUT2D eigenvalue weighted by Gasteiger charge is 2.62. The molecule has 0 radical (unpaired) electrons. The van der Waals surface area contributed by atoms with Gasteiger partial charge < -0.3 is 5.32 Å². The molecule has 1 N–H and O–H groups in total. The maximum absolute atomic E-state index is 12.7. The zero-order chi connectivity index (χ0) is 17.0. The summed E-state index contributed by atoms with van der Waals surface area (Å²) in [5.74, 6) is -0.303. The molecule has 5 atom stereocenters. The maximum atomic E-state index is 12.7. The normalized spacial score (nSPS) is 32.2. The van der Waals surface area contributed by atoms with E-state index in [1.807, 2.05) is 12.1 Å². The van der Waals surface area contributed by atoms with Gasteiger partial charge in [0.25, 0.3) is 0 Å². The minimum Gasteiger partial charge on any atom is -0.324 e. The summed E-state index contributed by atoms with van der Waals surface area (Å²) in [6, 6.07) is 6.43. The summed E-state index contributed by atoms with van der Waals surface area (Å²) in [6.07, 6.45) is 3.08. The summed E-state index contributed by atoms with van der Waals surface area (Å²) in [5, 5.41) is 2.78. The standard InChI is InChI=1S/C18H19BrN2O3/c1-9(16(22)20-13-6-4-12(19)5-7-13)21-17(23)14-10-2-3-11(8-10)15(14)18(21)24/h4-7,9-11,14-15H,2-3,8H2,1H3,(H,20,22)/t9-,10-,11-,14+,15+/m1/s1. The second-order valence-electron chi connectivity index (χ2n) is 7.10. The maximum Gasteiger partial charge on any atom is 0.247 e. The first-order chi connectivity index (χ1) is 11.5. The lowest BCUT2D eigenvalue weighted by Gasteiger charge is -2.23. The molecule has 2 bridgehead atoms. The molecule has 0 aromatic heterocycles. The van der Waals surface area contributed by atoms with Gasteiger partial charge in [0.2, 0.25) is 17.7 Å². The zero-order valence-electron chi connectivity index (χ0n) is 13.4. The quantitative estimate of drug-likeness (QED) is 0.806. The molecule has 3 aliphatic rings. The van der Waals surface area contributed by atoms with Gasteiger partial charge in [0, 0.05) is 10.2 Å². The number of carbonyl (C=O) groups is 3. The SMILES string of the molecule is C[C@H](C(=O)Nc1ccc(Br)cc1)N1C(=O)[C@H]2[C@@H]3CC[C@H](C3)[C@@H]2C1=O. The van der Waals surface area contributed by atoms with E-state index in [9.17, 15) is 14.4 Å². The molecule has 4 rings (SSSR count). The third kappa shape index (κ3) is 2.31. The second kappa shape index (κ2) is 5.69. The van der Waals surface area contributed by atoms with E-state index in [-0.39, 0.29) is 29.6 Å². The Hall–Kier alpha value is -1.69. The summed E-state index contributed by atoms with van der Waals surface area (Å²) in [5.41, 5.74) is 0.648. The number of halogens is 1. The van der Waals surface area contributed by atoms with E-state index in [0.717, 1.165) is 23.7 Å². The average molecular weight is 391 g/mol. The molecule has 1 heterocycles. The number of amides is 3. The number of imide groups is 1. The van der Waals surface area contributed by atoms with Crippen molar-refractivity contribution in [1.29, 1.82) is 0 Å². The number of fused-ring (bicyclic) bond motifs is 5. The largest absolute Gasteiger partial charge is 0.324 e. The summed E-state index contributed by atoms with van der Waals surface area (Å²) in [6.45, 7) is 1.63. The van der Waals surface area contributed by atoms with Gasteiger partial charge >= 0.3 is 0 Å². The fraction of sp³-hybridized carbons (Fsp3) is 0.500. The van der Waals surface area contributed by atoms with E-state index in [0.29, 0.717) is 17.5 Å². The third-order valence-corrected chi connectivity index (χ3v) is 6.37. The molecular weight excluding hydrogens is 372 g/mol. The topological polar surface area (TPSA) is 66.5 Å². The second-order valence-corrected chi connectivity index (χ2v) is 8.02. The molecule has 24 heavy (non-hydrogen) atoms. The summed E-state index contributed by atoms with van der Waals surface area (Å²) < 4.78 is 0.918. The molecule has 0 spiro atoms. The molecule has 5 nitrogen and oxygen atoms in total. The van der Waals surface area contributed by atoms with Gasteiger partial charge in [0.1, 0.15) is 6.04 Å². The number of carbonyl (C=O) groups excluding carboxylic acids is 3. The smallest absolute Gasteiger partial charge is 0.247 e. The van der Waals surface area contributed by atoms with Crippen LogP contribution in [0, 0.1) is 23.7 Å². The molecule has 1 saturated heterocycles. The number of likely N-dealkylation sites (tertiary alicyclic amines) is 1. The number of anilines is 1. The Balaban J connectivity index is 1.51. The van der Waals surface area contributed by atoms with Gasteiger partial charge in [0.05, 0.1) is 11.8 Å². The van der Waals surface area contributed by atoms with Crippen molar-refractivity contribution in [3.05, 3.63) is 28.7 Å². The van der Waals surface area contributed by atoms with Crippen LogP contribution in [-0.4, -0.2) is 28.7 Å². The van der Waals surface area contributed by atoms with Crippen LogP contribution in [0.2, 0.25) is 0 Å². The van der Waals surface area contributed by atoms with Crippen LogP contribution >= 0.6 is 15.9 Å². The van der Waals surface area contributed by atoms with E-state index in [1.165, 1.54) is 4.90 Å². The van der Waals surface area contributed by atoms with Crippen LogP contribution in [0.15, 0.2) is 28.7 Å². The Kier molecular flexibility index (Phi) is 3.75. The lowest BCUT2D eigenvalue weighted by Crippen LogP contribution is -2.46. The Bertz CT molecular complexity index is 689. The Morgan fingerprint density at radius 2 is 1.67 bits per heavy atom. The molecule has 2 saturated carbocycles. The van der Waals surface area contributed by atoms with E-state index < -0.39 is 6.04 Å². The van der Waals surface area contributed by atoms with Crippen molar-refractivity contribution in [1.82, 2.24) is 4.90 Å². The molecule has 2 aliphatic carbocycles. The van der Waals surface area contributed by atoms with Crippen LogP contribution in [0.25, 0.3) is 0 Å². The van der Waals surface area contributed by atoms with Crippen LogP contribution in [0.5, 0.6) is 0 Å². The summed E-state index contributed by atoms with van der Waals surface area (Å²) in [7, 11) is 0. The molecule has 0 unspecified atom stereocenters. The Labute approximate surface area is 148 Å². The van der Waals surface area contributed by atoms with Crippen molar-refractivity contribution < 1.29 is 14.4 Å². The molecule has 3 amide bonds. The van der Waals surface area contributed by atoms with Gasteiger partial charge in [-0.15, -0.1) is 0 Å². The lowest BCUT2D eigenvalue weighted by atomic mass is 9.81. The van der Waals surface area contributed by atoms with Crippen molar-refractivity contribution in [3.63, 3.8) is 0 Å². The number of rotatable bonds is 3. The van der Waals surface area contributed by atoms with Gasteiger partial charge in [0.15, 0.2) is 0 Å². The Morgan fingerprint density at radius 3 is 2.21 bits per heavy atom. The first kappa shape index (κ1) is 15.8. The average Bonchev–Trinajstić information content (AvgIpc) is 3.23. The van der Waals surface area contributed by atoms with Crippen LogP contribution in [0.3, 0.4) is 0 Å². The van der Waals surface area contributed by atoms with E-state index in [2.05, 4.69) is 21.2 Å². The molecule has 1 aromatic carbocycles. The molecule has 1 aromatic rings. The van der Waals surface area contributed by atoms with Crippen LogP contribution in [-0.2, 0) is 14.4 Å². The molecule has 126 valence electrons. The van der Waals surface area contributed by atoms with E-state index >= 15 is 0 Å².